The van der Waals surface area contributed by atoms with Crippen LogP contribution in [0.2, 0.25) is 0 Å². The number of benzene rings is 1. The second kappa shape index (κ2) is 8.49. The van der Waals surface area contributed by atoms with E-state index in [0.29, 0.717) is 0 Å². The third-order valence-electron chi connectivity index (χ3n) is 5.97. The number of ether oxygens (including phenoxy) is 1. The molecule has 0 aromatic heterocycles. The second-order valence-electron chi connectivity index (χ2n) is 8.97. The maximum Gasteiger partial charge on any atom is 0.410 e. The summed E-state index contributed by atoms with van der Waals surface area (Å²) in [5.41, 5.74) is 1.12. The number of piperidine rings is 1. The van der Waals surface area contributed by atoms with Crippen molar-refractivity contribution in [2.24, 2.45) is 11.8 Å². The molecule has 4 heteroatoms. The highest BCUT2D eigenvalue weighted by molar-refractivity contribution is 14.1. The molecule has 1 saturated heterocycles. The van der Waals surface area contributed by atoms with E-state index in [0.717, 1.165) is 43.7 Å². The van der Waals surface area contributed by atoms with Gasteiger partial charge in [0, 0.05) is 16.7 Å². The van der Waals surface area contributed by atoms with Crippen LogP contribution in [0.5, 0.6) is 0 Å². The van der Waals surface area contributed by atoms with Gasteiger partial charge in [-0.3, -0.25) is 0 Å². The van der Waals surface area contributed by atoms with Crippen LogP contribution in [0.3, 0.4) is 0 Å². The van der Waals surface area contributed by atoms with Gasteiger partial charge in [0.05, 0.1) is 0 Å². The molecule has 0 N–H and O–H groups in total. The van der Waals surface area contributed by atoms with Gasteiger partial charge in [0.2, 0.25) is 0 Å². The van der Waals surface area contributed by atoms with Gasteiger partial charge in [-0.05, 0) is 117 Å². The van der Waals surface area contributed by atoms with Crippen molar-refractivity contribution in [2.75, 3.05) is 13.1 Å². The van der Waals surface area contributed by atoms with Crippen LogP contribution >= 0.6 is 22.6 Å². The summed E-state index contributed by atoms with van der Waals surface area (Å²) in [7, 11) is 0. The molecule has 3 nitrogen and oxygen atoms in total. The Morgan fingerprint density at radius 1 is 0.962 bits per heavy atom. The molecule has 2 fully saturated rings. The molecule has 0 atom stereocenters. The van der Waals surface area contributed by atoms with Crippen molar-refractivity contribution >= 4 is 28.7 Å². The predicted molar refractivity (Wildman–Crippen MR) is 114 cm³/mol. The van der Waals surface area contributed by atoms with Gasteiger partial charge in [-0.1, -0.05) is 12.1 Å². The molecule has 0 spiro atoms. The van der Waals surface area contributed by atoms with Crippen LogP contribution in [0.25, 0.3) is 0 Å². The number of amides is 1. The molecule has 1 heterocycles. The normalized spacial score (nSPS) is 25.2. The molecular formula is C22H32INO2. The highest BCUT2D eigenvalue weighted by Gasteiger charge is 2.33. The van der Waals surface area contributed by atoms with Crippen molar-refractivity contribution in [3.8, 4) is 0 Å². The van der Waals surface area contributed by atoms with Gasteiger partial charge in [0.25, 0.3) is 0 Å². The number of carbonyl (C=O) groups excluding carboxylic acids is 1. The van der Waals surface area contributed by atoms with Gasteiger partial charge in [-0.2, -0.15) is 0 Å². The highest BCUT2D eigenvalue weighted by Crippen LogP contribution is 2.41. The van der Waals surface area contributed by atoms with Crippen LogP contribution < -0.4 is 0 Å². The zero-order chi connectivity index (χ0) is 18.7. The largest absolute Gasteiger partial charge is 0.444 e. The van der Waals surface area contributed by atoms with Gasteiger partial charge in [0.1, 0.15) is 5.60 Å². The maximum absolute atomic E-state index is 12.2. The number of likely N-dealkylation sites (tertiary alicyclic amines) is 1. The number of rotatable bonds is 2. The first-order chi connectivity index (χ1) is 12.3. The fourth-order valence-corrected chi connectivity index (χ4v) is 4.90. The minimum Gasteiger partial charge on any atom is -0.444 e. The summed E-state index contributed by atoms with van der Waals surface area (Å²) >= 11 is 2.38. The smallest absolute Gasteiger partial charge is 0.410 e. The van der Waals surface area contributed by atoms with Gasteiger partial charge in [-0.15, -0.1) is 0 Å². The maximum atomic E-state index is 12.2. The quantitative estimate of drug-likeness (QED) is 0.482. The molecule has 1 aliphatic carbocycles. The monoisotopic (exact) mass is 469 g/mol. The molecule has 1 aromatic rings. The van der Waals surface area contributed by atoms with Crippen molar-refractivity contribution in [3.05, 3.63) is 33.4 Å². The van der Waals surface area contributed by atoms with Crippen molar-refractivity contribution in [1.82, 2.24) is 4.90 Å². The van der Waals surface area contributed by atoms with E-state index in [1.165, 1.54) is 34.8 Å². The summed E-state index contributed by atoms with van der Waals surface area (Å²) in [5.74, 6) is 2.37. The predicted octanol–water partition coefficient (Wildman–Crippen LogP) is 6.21. The minimum atomic E-state index is -0.401. The zero-order valence-corrected chi connectivity index (χ0v) is 18.5. The van der Waals surface area contributed by atoms with E-state index in [4.69, 9.17) is 4.74 Å². The summed E-state index contributed by atoms with van der Waals surface area (Å²) in [5, 5.41) is 0. The third-order valence-corrected chi connectivity index (χ3v) is 6.69. The van der Waals surface area contributed by atoms with Crippen LogP contribution in [-0.2, 0) is 4.74 Å². The van der Waals surface area contributed by atoms with Crippen molar-refractivity contribution in [3.63, 3.8) is 0 Å². The highest BCUT2D eigenvalue weighted by atomic mass is 127. The van der Waals surface area contributed by atoms with Crippen LogP contribution in [-0.4, -0.2) is 29.7 Å². The molecule has 0 unspecified atom stereocenters. The van der Waals surface area contributed by atoms with Gasteiger partial charge in [0.15, 0.2) is 0 Å². The SMILES string of the molecule is CC(C)(C)OC(=O)N1CCC(C2CCC(c3ccc(I)cc3)CC2)CC1. The molecule has 0 bridgehead atoms. The van der Waals surface area contributed by atoms with Crippen molar-refractivity contribution in [2.45, 2.75) is 70.8 Å². The Bertz CT molecular complexity index is 592. The first kappa shape index (κ1) is 20.0. The number of hydrogen-bond donors (Lipinski definition) is 0. The third kappa shape index (κ3) is 5.37. The fourth-order valence-electron chi connectivity index (χ4n) is 4.54. The van der Waals surface area contributed by atoms with Crippen molar-refractivity contribution in [1.29, 1.82) is 0 Å². The van der Waals surface area contributed by atoms with E-state index in [-0.39, 0.29) is 6.09 Å². The molecule has 1 amide bonds. The first-order valence-corrected chi connectivity index (χ1v) is 11.1. The lowest BCUT2D eigenvalue weighted by molar-refractivity contribution is 0.0147. The van der Waals surface area contributed by atoms with Gasteiger partial charge >= 0.3 is 6.09 Å². The van der Waals surface area contributed by atoms with Crippen LogP contribution in [0.4, 0.5) is 4.79 Å². The summed E-state index contributed by atoms with van der Waals surface area (Å²) in [6.45, 7) is 7.52. The molecule has 1 aromatic carbocycles. The lowest BCUT2D eigenvalue weighted by Crippen LogP contribution is -2.43. The summed E-state index contributed by atoms with van der Waals surface area (Å²) < 4.78 is 6.83. The van der Waals surface area contributed by atoms with E-state index in [2.05, 4.69) is 46.9 Å². The minimum absolute atomic E-state index is 0.140. The van der Waals surface area contributed by atoms with Gasteiger partial charge < -0.3 is 9.64 Å². The van der Waals surface area contributed by atoms with Gasteiger partial charge in [-0.25, -0.2) is 4.79 Å². The number of nitrogens with zero attached hydrogens (tertiary/aromatic N) is 1. The number of hydrogen-bond acceptors (Lipinski definition) is 2. The molecule has 144 valence electrons. The lowest BCUT2D eigenvalue weighted by atomic mass is 9.71. The van der Waals surface area contributed by atoms with E-state index < -0.39 is 5.60 Å². The standard InChI is InChI=1S/C22H32INO2/c1-22(2,3)26-21(25)24-14-12-19(13-15-24)17-6-4-16(5-7-17)18-8-10-20(23)11-9-18/h8-11,16-17,19H,4-7,12-15H2,1-3H3. The van der Waals surface area contributed by atoms with E-state index >= 15 is 0 Å². The lowest BCUT2D eigenvalue weighted by Gasteiger charge is -2.39. The average molecular weight is 469 g/mol. The topological polar surface area (TPSA) is 29.5 Å². The zero-order valence-electron chi connectivity index (χ0n) is 16.3. The summed E-state index contributed by atoms with van der Waals surface area (Å²) in [6, 6.07) is 9.08. The number of halogens is 1. The Kier molecular flexibility index (Phi) is 6.52. The van der Waals surface area contributed by atoms with Crippen LogP contribution in [0.15, 0.2) is 24.3 Å². The van der Waals surface area contributed by atoms with Crippen LogP contribution in [0.1, 0.15) is 70.8 Å². The summed E-state index contributed by atoms with van der Waals surface area (Å²) in [6.07, 6.45) is 7.45. The van der Waals surface area contributed by atoms with E-state index in [1.54, 1.807) is 0 Å². The van der Waals surface area contributed by atoms with E-state index in [1.807, 2.05) is 25.7 Å². The summed E-state index contributed by atoms with van der Waals surface area (Å²) in [4.78, 5) is 14.1. The Hall–Kier alpha value is -0.780. The molecule has 1 aliphatic heterocycles. The Balaban J connectivity index is 1.45. The fraction of sp³-hybridized carbons (Fsp3) is 0.682. The van der Waals surface area contributed by atoms with Crippen LogP contribution in [0, 0.1) is 15.4 Å². The average Bonchev–Trinajstić information content (AvgIpc) is 2.61. The Labute approximate surface area is 172 Å². The first-order valence-electron chi connectivity index (χ1n) is 10.1. The number of carbonyl (C=O) groups is 1. The second-order valence-corrected chi connectivity index (χ2v) is 10.2. The molecule has 2 aliphatic rings. The molecule has 26 heavy (non-hydrogen) atoms. The van der Waals surface area contributed by atoms with E-state index in [9.17, 15) is 4.79 Å². The van der Waals surface area contributed by atoms with Crippen molar-refractivity contribution < 1.29 is 9.53 Å². The Morgan fingerprint density at radius 2 is 1.50 bits per heavy atom. The molecule has 3 rings (SSSR count). The molecular weight excluding hydrogens is 437 g/mol. The Morgan fingerprint density at radius 3 is 2.04 bits per heavy atom. The molecule has 0 radical (unpaired) electrons. The molecule has 1 saturated carbocycles.